The molecule has 0 aliphatic heterocycles. The lowest BCUT2D eigenvalue weighted by atomic mass is 10.1. The van der Waals surface area contributed by atoms with Crippen molar-refractivity contribution in [2.75, 3.05) is 7.11 Å². The predicted octanol–water partition coefficient (Wildman–Crippen LogP) is 2.58. The molecule has 2 aromatic rings. The molecule has 0 radical (unpaired) electrons. The minimum absolute atomic E-state index is 0.0381. The Balaban J connectivity index is 2.57. The molecule has 0 unspecified atom stereocenters. The van der Waals surface area contributed by atoms with Crippen molar-refractivity contribution >= 4 is 15.9 Å². The van der Waals surface area contributed by atoms with Crippen LogP contribution < -0.4 is 10.5 Å². The Labute approximate surface area is 110 Å². The van der Waals surface area contributed by atoms with Crippen LogP contribution in [0.1, 0.15) is 5.69 Å². The van der Waals surface area contributed by atoms with Crippen molar-refractivity contribution in [1.29, 1.82) is 0 Å². The van der Waals surface area contributed by atoms with E-state index in [1.165, 1.54) is 7.11 Å². The van der Waals surface area contributed by atoms with E-state index in [9.17, 15) is 8.78 Å². The number of aromatic amines is 1. The zero-order valence-electron chi connectivity index (χ0n) is 9.43. The number of methoxy groups -OCH3 is 1. The number of hydrogen-bond donors (Lipinski definition) is 2. The van der Waals surface area contributed by atoms with Crippen LogP contribution in [0.3, 0.4) is 0 Å². The first-order chi connectivity index (χ1) is 8.58. The average molecular weight is 318 g/mol. The number of aromatic nitrogens is 2. The van der Waals surface area contributed by atoms with E-state index < -0.39 is 11.6 Å². The Bertz CT molecular complexity index is 586. The number of ether oxygens (including phenoxy) is 1. The topological polar surface area (TPSA) is 63.9 Å². The smallest absolute Gasteiger partial charge is 0.165 e. The van der Waals surface area contributed by atoms with E-state index in [2.05, 4.69) is 26.1 Å². The molecular weight excluding hydrogens is 308 g/mol. The van der Waals surface area contributed by atoms with E-state index >= 15 is 0 Å². The summed E-state index contributed by atoms with van der Waals surface area (Å²) in [7, 11) is 1.27. The number of H-pyrrole nitrogens is 1. The second kappa shape index (κ2) is 5.03. The first-order valence-corrected chi connectivity index (χ1v) is 5.84. The van der Waals surface area contributed by atoms with Gasteiger partial charge in [0.15, 0.2) is 11.6 Å². The largest absolute Gasteiger partial charge is 0.494 e. The molecule has 1 aromatic heterocycles. The molecule has 96 valence electrons. The van der Waals surface area contributed by atoms with Gasteiger partial charge in [-0.3, -0.25) is 5.10 Å². The van der Waals surface area contributed by atoms with Gasteiger partial charge in [0.2, 0.25) is 0 Å². The summed E-state index contributed by atoms with van der Waals surface area (Å²) in [4.78, 5) is 0. The van der Waals surface area contributed by atoms with Crippen molar-refractivity contribution in [2.24, 2.45) is 5.73 Å². The lowest BCUT2D eigenvalue weighted by molar-refractivity contribution is 0.383. The summed E-state index contributed by atoms with van der Waals surface area (Å²) in [5, 5.41) is 6.57. The monoisotopic (exact) mass is 317 g/mol. The van der Waals surface area contributed by atoms with Crippen LogP contribution in [0.15, 0.2) is 16.6 Å². The summed E-state index contributed by atoms with van der Waals surface area (Å²) in [6.07, 6.45) is 0. The predicted molar refractivity (Wildman–Crippen MR) is 66.1 cm³/mol. The maximum atomic E-state index is 13.8. The Morgan fingerprint density at radius 2 is 2.11 bits per heavy atom. The number of rotatable bonds is 3. The summed E-state index contributed by atoms with van der Waals surface area (Å²) in [6, 6.07) is 2.02. The van der Waals surface area contributed by atoms with Gasteiger partial charge in [0.05, 0.1) is 17.3 Å². The van der Waals surface area contributed by atoms with Crippen LogP contribution in [0.5, 0.6) is 5.75 Å². The maximum Gasteiger partial charge on any atom is 0.165 e. The fourth-order valence-electron chi connectivity index (χ4n) is 1.54. The lowest BCUT2D eigenvalue weighted by Crippen LogP contribution is -1.97. The van der Waals surface area contributed by atoms with Crippen LogP contribution in [0.2, 0.25) is 0 Å². The standard InChI is InChI=1S/C11H10BrF2N3O/c1-18-9-3-6(13)5(2-7(9)14)11-10(12)8(4-15)16-17-11/h2-3H,4,15H2,1H3,(H,16,17). The molecule has 0 saturated carbocycles. The molecule has 18 heavy (non-hydrogen) atoms. The molecule has 0 spiro atoms. The Morgan fingerprint density at radius 3 is 2.67 bits per heavy atom. The normalized spacial score (nSPS) is 10.7. The van der Waals surface area contributed by atoms with E-state index in [0.29, 0.717) is 10.2 Å². The first-order valence-electron chi connectivity index (χ1n) is 5.04. The third-order valence-electron chi connectivity index (χ3n) is 2.48. The molecule has 2 rings (SSSR count). The summed E-state index contributed by atoms with van der Waals surface area (Å²) >= 11 is 3.25. The highest BCUT2D eigenvalue weighted by atomic mass is 79.9. The third-order valence-corrected chi connectivity index (χ3v) is 3.33. The van der Waals surface area contributed by atoms with Gasteiger partial charge in [0.25, 0.3) is 0 Å². The van der Waals surface area contributed by atoms with Gasteiger partial charge >= 0.3 is 0 Å². The zero-order valence-corrected chi connectivity index (χ0v) is 11.0. The number of nitrogens with two attached hydrogens (primary N) is 1. The fraction of sp³-hybridized carbons (Fsp3) is 0.182. The highest BCUT2D eigenvalue weighted by Crippen LogP contribution is 2.33. The van der Waals surface area contributed by atoms with E-state index in [1.807, 2.05) is 0 Å². The fourth-order valence-corrected chi connectivity index (χ4v) is 2.10. The van der Waals surface area contributed by atoms with Crippen LogP contribution in [0, 0.1) is 11.6 Å². The highest BCUT2D eigenvalue weighted by molar-refractivity contribution is 9.10. The molecule has 1 heterocycles. The van der Waals surface area contributed by atoms with Gasteiger partial charge in [-0.2, -0.15) is 5.10 Å². The molecule has 4 nitrogen and oxygen atoms in total. The molecule has 0 bridgehead atoms. The van der Waals surface area contributed by atoms with Gasteiger partial charge in [0, 0.05) is 18.2 Å². The number of benzene rings is 1. The molecular formula is C11H10BrF2N3O. The van der Waals surface area contributed by atoms with Crippen molar-refractivity contribution in [3.05, 3.63) is 33.9 Å². The van der Waals surface area contributed by atoms with Crippen molar-refractivity contribution in [3.63, 3.8) is 0 Å². The second-order valence-electron chi connectivity index (χ2n) is 3.54. The van der Waals surface area contributed by atoms with E-state index in [-0.39, 0.29) is 23.6 Å². The number of nitrogens with one attached hydrogen (secondary N) is 1. The minimum Gasteiger partial charge on any atom is -0.494 e. The molecule has 0 fully saturated rings. The first kappa shape index (κ1) is 13.0. The SMILES string of the molecule is COc1cc(F)c(-c2n[nH]c(CN)c2Br)cc1F. The van der Waals surface area contributed by atoms with Gasteiger partial charge in [-0.25, -0.2) is 8.78 Å². The van der Waals surface area contributed by atoms with Crippen LogP contribution in [-0.4, -0.2) is 17.3 Å². The van der Waals surface area contributed by atoms with Crippen LogP contribution in [0.4, 0.5) is 8.78 Å². The lowest BCUT2D eigenvalue weighted by Gasteiger charge is -2.05. The zero-order chi connectivity index (χ0) is 13.3. The van der Waals surface area contributed by atoms with Crippen molar-refractivity contribution < 1.29 is 13.5 Å². The van der Waals surface area contributed by atoms with Crippen LogP contribution >= 0.6 is 15.9 Å². The van der Waals surface area contributed by atoms with Crippen molar-refractivity contribution in [1.82, 2.24) is 10.2 Å². The number of halogens is 3. The van der Waals surface area contributed by atoms with E-state index in [0.717, 1.165) is 12.1 Å². The van der Waals surface area contributed by atoms with Crippen LogP contribution in [-0.2, 0) is 6.54 Å². The highest BCUT2D eigenvalue weighted by Gasteiger charge is 2.18. The summed E-state index contributed by atoms with van der Waals surface area (Å²) in [5.74, 6) is -1.43. The van der Waals surface area contributed by atoms with Gasteiger partial charge in [0.1, 0.15) is 11.5 Å². The van der Waals surface area contributed by atoms with Crippen molar-refractivity contribution in [2.45, 2.75) is 6.54 Å². The molecule has 3 N–H and O–H groups in total. The average Bonchev–Trinajstić information content (AvgIpc) is 2.72. The van der Waals surface area contributed by atoms with Gasteiger partial charge in [-0.15, -0.1) is 0 Å². The molecule has 0 saturated heterocycles. The summed E-state index contributed by atoms with van der Waals surface area (Å²) < 4.78 is 32.6. The number of hydrogen-bond acceptors (Lipinski definition) is 3. The van der Waals surface area contributed by atoms with Gasteiger partial charge in [-0.1, -0.05) is 0 Å². The second-order valence-corrected chi connectivity index (χ2v) is 4.33. The quantitative estimate of drug-likeness (QED) is 0.914. The Hall–Kier alpha value is -1.47. The van der Waals surface area contributed by atoms with Crippen LogP contribution in [0.25, 0.3) is 11.3 Å². The van der Waals surface area contributed by atoms with Gasteiger partial charge < -0.3 is 10.5 Å². The van der Waals surface area contributed by atoms with Crippen molar-refractivity contribution in [3.8, 4) is 17.0 Å². The molecule has 7 heteroatoms. The number of nitrogens with zero attached hydrogens (tertiary/aromatic N) is 1. The molecule has 0 amide bonds. The third kappa shape index (κ3) is 2.11. The maximum absolute atomic E-state index is 13.8. The summed E-state index contributed by atoms with van der Waals surface area (Å²) in [6.45, 7) is 0.216. The molecule has 0 aliphatic rings. The minimum atomic E-state index is -0.655. The Morgan fingerprint density at radius 1 is 1.39 bits per heavy atom. The Kier molecular flexibility index (Phi) is 3.63. The van der Waals surface area contributed by atoms with E-state index in [4.69, 9.17) is 10.5 Å². The summed E-state index contributed by atoms with van der Waals surface area (Å²) in [5.41, 5.74) is 6.39. The molecule has 1 aromatic carbocycles. The molecule has 0 atom stereocenters. The van der Waals surface area contributed by atoms with E-state index in [1.54, 1.807) is 0 Å². The molecule has 0 aliphatic carbocycles. The van der Waals surface area contributed by atoms with Gasteiger partial charge in [-0.05, 0) is 22.0 Å².